The zero-order valence-electron chi connectivity index (χ0n) is 26.5. The van der Waals surface area contributed by atoms with Gasteiger partial charge in [-0.25, -0.2) is 23.1 Å². The standard InChI is InChI=1S/C34H36F3N7O3/c1-6-10-27-32(28(11-7-2)40-19-39-27)44-33(41-47)22(16-26(37)21(5)30-24(35)12-9-13-25(30)36)31(23(17-38)34(44)46)43-15-14-42(18-20(43)4)29(45)8-3/h8-9,12-13,16,19-20,41,47H,3,5-7,10-11,14-15,18H2,1-2,4H3/b26-16+/t20-/m0/s1. The number of nitrogens with one attached hydrogen (secondary N) is 1. The van der Waals surface area contributed by atoms with Gasteiger partial charge in [0.2, 0.25) is 5.91 Å². The van der Waals surface area contributed by atoms with Crippen LogP contribution in [0, 0.1) is 23.0 Å². The number of piperazine rings is 1. The highest BCUT2D eigenvalue weighted by Gasteiger charge is 2.34. The summed E-state index contributed by atoms with van der Waals surface area (Å²) in [5.74, 6) is -3.93. The molecule has 1 saturated heterocycles. The molecule has 1 fully saturated rings. The highest BCUT2D eigenvalue weighted by molar-refractivity contribution is 5.90. The number of benzene rings is 1. The quantitative estimate of drug-likeness (QED) is 0.154. The van der Waals surface area contributed by atoms with E-state index in [1.54, 1.807) is 16.7 Å². The van der Waals surface area contributed by atoms with Crippen molar-refractivity contribution in [3.8, 4) is 11.8 Å². The molecule has 10 nitrogen and oxygen atoms in total. The van der Waals surface area contributed by atoms with E-state index in [1.165, 1.54) is 12.4 Å². The zero-order chi connectivity index (χ0) is 34.4. The second-order valence-electron chi connectivity index (χ2n) is 11.1. The Hall–Kier alpha value is -5.22. The van der Waals surface area contributed by atoms with Crippen molar-refractivity contribution in [2.45, 2.75) is 52.5 Å². The third kappa shape index (κ3) is 6.69. The third-order valence-corrected chi connectivity index (χ3v) is 8.00. The summed E-state index contributed by atoms with van der Waals surface area (Å²) in [6, 6.07) is 4.52. The van der Waals surface area contributed by atoms with E-state index in [1.807, 2.05) is 25.4 Å². The van der Waals surface area contributed by atoms with Crippen molar-refractivity contribution < 1.29 is 23.2 Å². The number of pyridine rings is 1. The molecular weight excluding hydrogens is 611 g/mol. The Morgan fingerprint density at radius 2 is 1.77 bits per heavy atom. The van der Waals surface area contributed by atoms with Crippen LogP contribution >= 0.6 is 0 Å². The summed E-state index contributed by atoms with van der Waals surface area (Å²) in [5.41, 5.74) is 0.381. The van der Waals surface area contributed by atoms with Gasteiger partial charge in [0.25, 0.3) is 5.56 Å². The van der Waals surface area contributed by atoms with Crippen LogP contribution in [0.5, 0.6) is 0 Å². The van der Waals surface area contributed by atoms with Crippen LogP contribution in [0.25, 0.3) is 17.3 Å². The van der Waals surface area contributed by atoms with Gasteiger partial charge in [0.1, 0.15) is 41.2 Å². The van der Waals surface area contributed by atoms with Crippen LogP contribution in [0.15, 0.2) is 54.4 Å². The van der Waals surface area contributed by atoms with Crippen molar-refractivity contribution in [2.75, 3.05) is 30.0 Å². The number of nitrogens with zero attached hydrogens (tertiary/aromatic N) is 6. The van der Waals surface area contributed by atoms with Crippen molar-refractivity contribution in [3.63, 3.8) is 0 Å². The van der Waals surface area contributed by atoms with E-state index < -0.39 is 45.8 Å². The van der Waals surface area contributed by atoms with Crippen molar-refractivity contribution >= 4 is 29.1 Å². The minimum absolute atomic E-state index is 0.0496. The summed E-state index contributed by atoms with van der Waals surface area (Å²) in [4.78, 5) is 38.7. The Balaban J connectivity index is 2.11. The van der Waals surface area contributed by atoms with Gasteiger partial charge in [0.05, 0.1) is 28.3 Å². The van der Waals surface area contributed by atoms with Gasteiger partial charge in [0.15, 0.2) is 0 Å². The molecule has 2 aromatic heterocycles. The molecule has 0 radical (unpaired) electrons. The van der Waals surface area contributed by atoms with Gasteiger partial charge in [-0.3, -0.25) is 24.8 Å². The van der Waals surface area contributed by atoms with E-state index >= 15 is 4.39 Å². The molecule has 1 aliphatic rings. The van der Waals surface area contributed by atoms with E-state index in [-0.39, 0.29) is 48.3 Å². The number of nitriles is 1. The molecule has 47 heavy (non-hydrogen) atoms. The number of carbonyl (C=O) groups is 1. The Labute approximate surface area is 270 Å². The summed E-state index contributed by atoms with van der Waals surface area (Å²) in [6.45, 7) is 13.2. The summed E-state index contributed by atoms with van der Waals surface area (Å²) in [6.07, 6.45) is 5.51. The molecule has 3 aromatic rings. The highest BCUT2D eigenvalue weighted by Crippen LogP contribution is 2.38. The number of hydrogen-bond acceptors (Lipinski definition) is 8. The number of amides is 1. The molecule has 1 atom stereocenters. The van der Waals surface area contributed by atoms with E-state index in [4.69, 9.17) is 0 Å². The monoisotopic (exact) mass is 647 g/mol. The van der Waals surface area contributed by atoms with E-state index in [2.05, 4.69) is 23.1 Å². The summed E-state index contributed by atoms with van der Waals surface area (Å²) >= 11 is 0. The normalized spacial score (nSPS) is 14.9. The van der Waals surface area contributed by atoms with Gasteiger partial charge in [-0.15, -0.1) is 0 Å². The van der Waals surface area contributed by atoms with Gasteiger partial charge in [-0.05, 0) is 44.1 Å². The number of carbonyl (C=O) groups excluding carboxylic acids is 1. The van der Waals surface area contributed by atoms with Crippen LogP contribution in [-0.2, 0) is 17.6 Å². The Bertz CT molecular complexity index is 1800. The molecule has 0 saturated carbocycles. The Kier molecular flexibility index (Phi) is 11.0. The minimum Gasteiger partial charge on any atom is -0.363 e. The maximum atomic E-state index is 16.2. The molecule has 1 aliphatic heterocycles. The summed E-state index contributed by atoms with van der Waals surface area (Å²) < 4.78 is 46.6. The topological polar surface area (TPSA) is 127 Å². The molecule has 2 N–H and O–H groups in total. The second kappa shape index (κ2) is 14.9. The molecule has 13 heteroatoms. The first-order valence-electron chi connectivity index (χ1n) is 15.2. The van der Waals surface area contributed by atoms with Gasteiger partial charge in [0, 0.05) is 36.8 Å². The van der Waals surface area contributed by atoms with E-state index in [9.17, 15) is 28.8 Å². The largest absolute Gasteiger partial charge is 0.363 e. The molecule has 246 valence electrons. The van der Waals surface area contributed by atoms with Crippen molar-refractivity contribution in [1.82, 2.24) is 19.4 Å². The lowest BCUT2D eigenvalue weighted by Gasteiger charge is -2.42. The van der Waals surface area contributed by atoms with Gasteiger partial charge >= 0.3 is 0 Å². The second-order valence-corrected chi connectivity index (χ2v) is 11.1. The number of allylic oxidation sites excluding steroid dienone is 2. The lowest BCUT2D eigenvalue weighted by Crippen LogP contribution is -2.54. The molecule has 0 spiro atoms. The first kappa shape index (κ1) is 34.6. The molecule has 0 bridgehead atoms. The van der Waals surface area contributed by atoms with Crippen molar-refractivity contribution in [3.05, 3.63) is 99.7 Å². The lowest BCUT2D eigenvalue weighted by molar-refractivity contribution is -0.126. The molecular formula is C34H36F3N7O3. The SMILES string of the molecule is C=CC(=O)N1CCN(c2c(/C=C(/F)C(=C)c3c(F)cccc3F)c(NO)n(-c3c(CCC)ncnc3CCC)c(=O)c2C#N)[C@@H](C)C1. The fraction of sp³-hybridized carbons (Fsp3) is 0.324. The molecule has 4 rings (SSSR count). The van der Waals surface area contributed by atoms with E-state index in [0.29, 0.717) is 37.1 Å². The predicted molar refractivity (Wildman–Crippen MR) is 174 cm³/mol. The van der Waals surface area contributed by atoms with Crippen LogP contribution < -0.4 is 15.9 Å². The first-order valence-corrected chi connectivity index (χ1v) is 15.2. The van der Waals surface area contributed by atoms with Gasteiger partial charge in [-0.1, -0.05) is 45.9 Å². The van der Waals surface area contributed by atoms with Crippen molar-refractivity contribution in [1.29, 1.82) is 5.26 Å². The molecule has 1 amide bonds. The smallest absolute Gasteiger partial charge is 0.276 e. The molecule has 0 aliphatic carbocycles. The Morgan fingerprint density at radius 1 is 1.15 bits per heavy atom. The molecule has 3 heterocycles. The number of rotatable bonds is 11. The average Bonchev–Trinajstić information content (AvgIpc) is 3.05. The number of aromatic nitrogens is 3. The fourth-order valence-electron chi connectivity index (χ4n) is 5.83. The summed E-state index contributed by atoms with van der Waals surface area (Å²) in [7, 11) is 0. The van der Waals surface area contributed by atoms with Crippen LogP contribution in [0.2, 0.25) is 0 Å². The van der Waals surface area contributed by atoms with E-state index in [0.717, 1.165) is 28.8 Å². The third-order valence-electron chi connectivity index (χ3n) is 8.00. The number of halogens is 3. The average molecular weight is 648 g/mol. The number of hydrogen-bond donors (Lipinski definition) is 2. The van der Waals surface area contributed by atoms with Gasteiger partial charge < -0.3 is 9.80 Å². The number of aryl methyl sites for hydroxylation is 2. The van der Waals surface area contributed by atoms with Gasteiger partial charge in [-0.2, -0.15) is 5.26 Å². The Morgan fingerprint density at radius 3 is 2.28 bits per heavy atom. The predicted octanol–water partition coefficient (Wildman–Crippen LogP) is 5.73. The first-order chi connectivity index (χ1) is 22.5. The fourth-order valence-corrected chi connectivity index (χ4v) is 5.83. The van der Waals surface area contributed by atoms with Crippen molar-refractivity contribution in [2.24, 2.45) is 0 Å². The lowest BCUT2D eigenvalue weighted by atomic mass is 9.99. The van der Waals surface area contributed by atoms with Crippen LogP contribution in [0.4, 0.5) is 24.7 Å². The molecule has 0 unspecified atom stereocenters. The zero-order valence-corrected chi connectivity index (χ0v) is 26.5. The van der Waals surface area contributed by atoms with Crippen LogP contribution in [-0.4, -0.2) is 56.2 Å². The highest BCUT2D eigenvalue weighted by atomic mass is 19.1. The maximum Gasteiger partial charge on any atom is 0.276 e. The maximum absolute atomic E-state index is 16.2. The van der Waals surface area contributed by atoms with Crippen LogP contribution in [0.3, 0.4) is 0 Å². The van der Waals surface area contributed by atoms with Crippen LogP contribution in [0.1, 0.15) is 61.7 Å². The number of anilines is 2. The summed E-state index contributed by atoms with van der Waals surface area (Å²) in [5, 5.41) is 21.2. The molecule has 1 aromatic carbocycles. The minimum atomic E-state index is -1.19.